The van der Waals surface area contributed by atoms with Crippen LogP contribution >= 0.6 is 0 Å². The van der Waals surface area contributed by atoms with Gasteiger partial charge in [-0.2, -0.15) is 5.26 Å². The van der Waals surface area contributed by atoms with E-state index in [9.17, 15) is 5.26 Å². The monoisotopic (exact) mass is 453 g/mol. The first-order chi connectivity index (χ1) is 16.7. The van der Waals surface area contributed by atoms with Gasteiger partial charge in [0.1, 0.15) is 0 Å². The summed E-state index contributed by atoms with van der Waals surface area (Å²) in [7, 11) is 2.13. The van der Waals surface area contributed by atoms with Crippen molar-refractivity contribution in [2.75, 3.05) is 42.9 Å². The predicted octanol–water partition coefficient (Wildman–Crippen LogP) is 5.26. The van der Waals surface area contributed by atoms with Gasteiger partial charge in [0.15, 0.2) is 0 Å². The van der Waals surface area contributed by atoms with Crippen LogP contribution in [-0.2, 0) is 13.5 Å². The molecule has 34 heavy (non-hydrogen) atoms. The van der Waals surface area contributed by atoms with E-state index in [4.69, 9.17) is 0 Å². The van der Waals surface area contributed by atoms with E-state index in [0.29, 0.717) is 12.0 Å². The number of anilines is 2. The Labute approximate surface area is 203 Å². The van der Waals surface area contributed by atoms with Crippen molar-refractivity contribution in [1.29, 1.82) is 5.26 Å². The molecule has 1 saturated heterocycles. The highest BCUT2D eigenvalue weighted by Gasteiger charge is 2.31. The summed E-state index contributed by atoms with van der Waals surface area (Å²) in [6, 6.07) is 16.0. The van der Waals surface area contributed by atoms with Crippen molar-refractivity contribution >= 4 is 22.3 Å². The van der Waals surface area contributed by atoms with Crippen molar-refractivity contribution in [2.24, 2.45) is 7.05 Å². The van der Waals surface area contributed by atoms with E-state index in [-0.39, 0.29) is 0 Å². The molecule has 0 radical (unpaired) electrons. The summed E-state index contributed by atoms with van der Waals surface area (Å²) in [6.45, 7) is 5.68. The van der Waals surface area contributed by atoms with Crippen LogP contribution in [0, 0.1) is 11.3 Å². The predicted molar refractivity (Wildman–Crippen MR) is 140 cm³/mol. The third-order valence-corrected chi connectivity index (χ3v) is 8.51. The molecule has 1 aromatic heterocycles. The molecule has 3 aromatic rings. The molecule has 1 saturated carbocycles. The summed E-state index contributed by atoms with van der Waals surface area (Å²) in [4.78, 5) is 5.36. The maximum atomic E-state index is 9.36. The van der Waals surface area contributed by atoms with E-state index in [1.165, 1.54) is 85.0 Å². The Hall–Kier alpha value is -2.97. The number of nitrogens with one attached hydrogen (secondary N) is 1. The van der Waals surface area contributed by atoms with Gasteiger partial charge in [0.2, 0.25) is 0 Å². The van der Waals surface area contributed by atoms with E-state index in [2.05, 4.69) is 69.3 Å². The molecule has 3 aliphatic rings. The van der Waals surface area contributed by atoms with Gasteiger partial charge in [-0.05, 0) is 79.8 Å². The molecular formula is C29H35N5. The van der Waals surface area contributed by atoms with Gasteiger partial charge in [-0.25, -0.2) is 0 Å². The third-order valence-electron chi connectivity index (χ3n) is 8.51. The number of hydrogen-bond acceptors (Lipinski definition) is 4. The maximum Gasteiger partial charge on any atom is 0.0991 e. The quantitative estimate of drug-likeness (QED) is 0.588. The standard InChI is InChI=1S/C29H35N5/c1-32-20-26(25-18-21(19-30)7-12-27(25)32)22-8-10-24(11-9-22)33-14-16-34(17-15-33)28-6-2-4-23-5-3-13-31-29(23)28/h2,4,6-7,12,18,20,22,24,31H,3,5,8-11,13-17H2,1H3. The average molecular weight is 454 g/mol. The Morgan fingerprint density at radius 2 is 1.82 bits per heavy atom. The third kappa shape index (κ3) is 3.84. The minimum Gasteiger partial charge on any atom is -0.383 e. The van der Waals surface area contributed by atoms with Gasteiger partial charge >= 0.3 is 0 Å². The highest BCUT2D eigenvalue weighted by Crippen LogP contribution is 2.39. The van der Waals surface area contributed by atoms with E-state index in [0.717, 1.165) is 25.2 Å². The second kappa shape index (κ2) is 9.00. The van der Waals surface area contributed by atoms with Gasteiger partial charge in [0.25, 0.3) is 0 Å². The molecule has 1 N–H and O–H groups in total. The molecule has 0 amide bonds. The zero-order chi connectivity index (χ0) is 23.1. The second-order valence-electron chi connectivity index (χ2n) is 10.4. The first-order valence-electron chi connectivity index (χ1n) is 13.0. The fourth-order valence-electron chi connectivity index (χ4n) is 6.65. The number of rotatable bonds is 3. The van der Waals surface area contributed by atoms with Crippen LogP contribution in [0.15, 0.2) is 42.6 Å². The van der Waals surface area contributed by atoms with Crippen molar-refractivity contribution < 1.29 is 0 Å². The Morgan fingerprint density at radius 1 is 1.00 bits per heavy atom. The van der Waals surface area contributed by atoms with E-state index in [1.54, 1.807) is 0 Å². The second-order valence-corrected chi connectivity index (χ2v) is 10.4. The molecule has 0 bridgehead atoms. The molecule has 6 rings (SSSR count). The number of nitrogens with zero attached hydrogens (tertiary/aromatic N) is 4. The summed E-state index contributed by atoms with van der Waals surface area (Å²) in [6.07, 6.45) is 9.81. The Bertz CT molecular complexity index is 1220. The number of para-hydroxylation sites is 1. The summed E-state index contributed by atoms with van der Waals surface area (Å²) in [5.41, 5.74) is 7.73. The lowest BCUT2D eigenvalue weighted by Gasteiger charge is -2.43. The topological polar surface area (TPSA) is 47.2 Å². The van der Waals surface area contributed by atoms with Crippen molar-refractivity contribution in [3.8, 4) is 6.07 Å². The molecule has 1 aliphatic carbocycles. The van der Waals surface area contributed by atoms with Crippen LogP contribution < -0.4 is 10.2 Å². The lowest BCUT2D eigenvalue weighted by Crippen LogP contribution is -2.51. The molecule has 5 nitrogen and oxygen atoms in total. The van der Waals surface area contributed by atoms with Gasteiger partial charge in [0, 0.05) is 62.9 Å². The molecule has 2 aromatic carbocycles. The van der Waals surface area contributed by atoms with Crippen LogP contribution in [0.3, 0.4) is 0 Å². The fourth-order valence-corrected chi connectivity index (χ4v) is 6.65. The highest BCUT2D eigenvalue weighted by atomic mass is 15.3. The van der Waals surface area contributed by atoms with Gasteiger partial charge in [0.05, 0.1) is 23.0 Å². The zero-order valence-electron chi connectivity index (χ0n) is 20.3. The summed E-state index contributed by atoms with van der Waals surface area (Å²) in [5, 5.41) is 14.3. The van der Waals surface area contributed by atoms with Gasteiger partial charge < -0.3 is 14.8 Å². The van der Waals surface area contributed by atoms with E-state index >= 15 is 0 Å². The molecule has 3 heterocycles. The van der Waals surface area contributed by atoms with E-state index < -0.39 is 0 Å². The number of nitriles is 1. The zero-order valence-corrected chi connectivity index (χ0v) is 20.3. The minimum absolute atomic E-state index is 0.608. The Kier molecular flexibility index (Phi) is 5.71. The maximum absolute atomic E-state index is 9.36. The minimum atomic E-state index is 0.608. The molecule has 0 unspecified atom stereocenters. The SMILES string of the molecule is Cn1cc(C2CCC(N3CCN(c4cccc5c4NCCC5)CC3)CC2)c2cc(C#N)ccc21. The van der Waals surface area contributed by atoms with Crippen molar-refractivity contribution in [3.05, 3.63) is 59.3 Å². The van der Waals surface area contributed by atoms with Crippen molar-refractivity contribution in [1.82, 2.24) is 9.47 Å². The molecule has 0 spiro atoms. The Balaban J connectivity index is 1.09. The van der Waals surface area contributed by atoms with Crippen LogP contribution in [0.25, 0.3) is 10.9 Å². The molecule has 5 heteroatoms. The highest BCUT2D eigenvalue weighted by molar-refractivity contribution is 5.86. The van der Waals surface area contributed by atoms with Crippen molar-refractivity contribution in [3.63, 3.8) is 0 Å². The fraction of sp³-hybridized carbons (Fsp3) is 0.483. The van der Waals surface area contributed by atoms with Gasteiger partial charge in [-0.3, -0.25) is 4.90 Å². The smallest absolute Gasteiger partial charge is 0.0991 e. The van der Waals surface area contributed by atoms with Crippen LogP contribution in [0.5, 0.6) is 0 Å². The molecular weight excluding hydrogens is 418 g/mol. The van der Waals surface area contributed by atoms with Crippen molar-refractivity contribution in [2.45, 2.75) is 50.5 Å². The average Bonchev–Trinajstić information content (AvgIpc) is 3.24. The lowest BCUT2D eigenvalue weighted by molar-refractivity contribution is 0.141. The first kappa shape index (κ1) is 21.6. The van der Waals surface area contributed by atoms with Gasteiger partial charge in [-0.15, -0.1) is 0 Å². The molecule has 2 aliphatic heterocycles. The van der Waals surface area contributed by atoms with Gasteiger partial charge in [-0.1, -0.05) is 12.1 Å². The molecule has 0 atom stereocenters. The lowest BCUT2D eigenvalue weighted by atomic mass is 9.81. The summed E-state index contributed by atoms with van der Waals surface area (Å²) in [5.74, 6) is 0.608. The van der Waals surface area contributed by atoms with Crippen LogP contribution in [0.2, 0.25) is 0 Å². The number of aryl methyl sites for hydroxylation is 2. The largest absolute Gasteiger partial charge is 0.383 e. The van der Waals surface area contributed by atoms with Crippen LogP contribution in [0.1, 0.15) is 54.7 Å². The number of aromatic nitrogens is 1. The number of fused-ring (bicyclic) bond motifs is 2. The van der Waals surface area contributed by atoms with Crippen LogP contribution in [0.4, 0.5) is 11.4 Å². The van der Waals surface area contributed by atoms with Crippen LogP contribution in [-0.4, -0.2) is 48.2 Å². The normalized spacial score (nSPS) is 23.4. The number of hydrogen-bond donors (Lipinski definition) is 1. The number of benzene rings is 2. The summed E-state index contributed by atoms with van der Waals surface area (Å²) < 4.78 is 2.23. The van der Waals surface area contributed by atoms with E-state index in [1.807, 2.05) is 6.07 Å². The molecule has 2 fully saturated rings. The first-order valence-corrected chi connectivity index (χ1v) is 13.0. The summed E-state index contributed by atoms with van der Waals surface area (Å²) >= 11 is 0. The molecule has 176 valence electrons. The number of piperazine rings is 1. The Morgan fingerprint density at radius 3 is 2.62 bits per heavy atom.